The zero-order valence-electron chi connectivity index (χ0n) is 12.7. The summed E-state index contributed by atoms with van der Waals surface area (Å²) in [5, 5.41) is 9.86. The molecule has 20 heavy (non-hydrogen) atoms. The van der Waals surface area contributed by atoms with Crippen LogP contribution in [0.25, 0.3) is 12.2 Å². The molecule has 1 aromatic heterocycles. The minimum atomic E-state index is 0.233. The summed E-state index contributed by atoms with van der Waals surface area (Å²) in [4.78, 5) is 4.29. The SMILES string of the molecule is CC.CC(C)c1ncc(/C=C/c2ccccc2)cc1O. The molecule has 0 saturated heterocycles. The molecule has 0 aliphatic heterocycles. The van der Waals surface area contributed by atoms with Gasteiger partial charge >= 0.3 is 0 Å². The molecule has 0 bridgehead atoms. The van der Waals surface area contributed by atoms with Gasteiger partial charge in [-0.2, -0.15) is 0 Å². The summed E-state index contributed by atoms with van der Waals surface area (Å²) in [6, 6.07) is 11.8. The first-order chi connectivity index (χ1) is 9.66. The van der Waals surface area contributed by atoms with Crippen LogP contribution in [0.3, 0.4) is 0 Å². The zero-order valence-corrected chi connectivity index (χ0v) is 12.7. The van der Waals surface area contributed by atoms with E-state index < -0.39 is 0 Å². The van der Waals surface area contributed by atoms with Crippen LogP contribution in [0.2, 0.25) is 0 Å². The molecule has 0 amide bonds. The number of hydrogen-bond acceptors (Lipinski definition) is 2. The minimum absolute atomic E-state index is 0.233. The van der Waals surface area contributed by atoms with Crippen molar-refractivity contribution in [2.24, 2.45) is 0 Å². The van der Waals surface area contributed by atoms with E-state index in [9.17, 15) is 5.11 Å². The van der Waals surface area contributed by atoms with Gasteiger partial charge in [0.25, 0.3) is 0 Å². The van der Waals surface area contributed by atoms with Gasteiger partial charge in [0.15, 0.2) is 0 Å². The number of hydrogen-bond donors (Lipinski definition) is 1. The Balaban J connectivity index is 0.000000956. The summed E-state index contributed by atoms with van der Waals surface area (Å²) >= 11 is 0. The molecule has 1 aromatic carbocycles. The fourth-order valence-corrected chi connectivity index (χ4v) is 1.77. The van der Waals surface area contributed by atoms with Gasteiger partial charge in [-0.3, -0.25) is 4.98 Å². The van der Waals surface area contributed by atoms with Crippen LogP contribution in [-0.4, -0.2) is 10.1 Å². The van der Waals surface area contributed by atoms with E-state index in [0.29, 0.717) is 0 Å². The summed E-state index contributed by atoms with van der Waals surface area (Å²) in [6.07, 6.45) is 5.74. The Kier molecular flexibility index (Phi) is 6.51. The van der Waals surface area contributed by atoms with E-state index in [0.717, 1.165) is 16.8 Å². The molecular formula is C18H23NO. The Morgan fingerprint density at radius 2 is 1.60 bits per heavy atom. The van der Waals surface area contributed by atoms with E-state index in [2.05, 4.69) is 4.98 Å². The van der Waals surface area contributed by atoms with Crippen LogP contribution in [0.4, 0.5) is 0 Å². The molecule has 0 atom stereocenters. The van der Waals surface area contributed by atoms with Crippen molar-refractivity contribution in [3.63, 3.8) is 0 Å². The Hall–Kier alpha value is -2.09. The predicted molar refractivity (Wildman–Crippen MR) is 86.7 cm³/mol. The highest BCUT2D eigenvalue weighted by Crippen LogP contribution is 2.24. The predicted octanol–water partition coefficient (Wildman–Crippen LogP) is 5.11. The van der Waals surface area contributed by atoms with Crippen LogP contribution in [-0.2, 0) is 0 Å². The lowest BCUT2D eigenvalue weighted by molar-refractivity contribution is 0.460. The third-order valence-corrected chi connectivity index (χ3v) is 2.73. The largest absolute Gasteiger partial charge is 0.506 e. The number of pyridine rings is 1. The molecule has 2 heteroatoms. The van der Waals surface area contributed by atoms with Crippen LogP contribution >= 0.6 is 0 Å². The zero-order chi connectivity index (χ0) is 15.0. The van der Waals surface area contributed by atoms with Crippen LogP contribution in [0.15, 0.2) is 42.6 Å². The Morgan fingerprint density at radius 3 is 2.15 bits per heavy atom. The molecule has 0 unspecified atom stereocenters. The van der Waals surface area contributed by atoms with Crippen molar-refractivity contribution in [3.05, 3.63) is 59.4 Å². The first kappa shape index (κ1) is 16.0. The molecule has 1 N–H and O–H groups in total. The summed E-state index contributed by atoms with van der Waals surface area (Å²) in [5.74, 6) is 0.498. The van der Waals surface area contributed by atoms with E-state index in [1.54, 1.807) is 12.3 Å². The first-order valence-electron chi connectivity index (χ1n) is 7.09. The number of aromatic nitrogens is 1. The van der Waals surface area contributed by atoms with Gasteiger partial charge in [0.05, 0.1) is 5.69 Å². The van der Waals surface area contributed by atoms with Gasteiger partial charge in [-0.25, -0.2) is 0 Å². The molecule has 0 radical (unpaired) electrons. The lowest BCUT2D eigenvalue weighted by Crippen LogP contribution is -1.93. The fourth-order valence-electron chi connectivity index (χ4n) is 1.77. The van der Waals surface area contributed by atoms with Gasteiger partial charge in [0.1, 0.15) is 5.75 Å². The standard InChI is InChI=1S/C16H17NO.C2H6/c1-12(2)16-15(18)10-14(11-17-16)9-8-13-6-4-3-5-7-13;1-2/h3-12,18H,1-2H3;1-2H3/b9-8+;. The van der Waals surface area contributed by atoms with Gasteiger partial charge < -0.3 is 5.11 Å². The van der Waals surface area contributed by atoms with Gasteiger partial charge in [0, 0.05) is 6.20 Å². The van der Waals surface area contributed by atoms with Gasteiger partial charge in [-0.15, -0.1) is 0 Å². The lowest BCUT2D eigenvalue weighted by Gasteiger charge is -2.07. The molecule has 0 fully saturated rings. The molecule has 0 spiro atoms. The number of benzene rings is 1. The van der Waals surface area contributed by atoms with Crippen molar-refractivity contribution in [2.75, 3.05) is 0 Å². The van der Waals surface area contributed by atoms with Crippen LogP contribution < -0.4 is 0 Å². The van der Waals surface area contributed by atoms with Gasteiger partial charge in [0.2, 0.25) is 0 Å². The number of aromatic hydroxyl groups is 1. The second-order valence-corrected chi connectivity index (χ2v) is 4.57. The molecule has 2 rings (SSSR count). The van der Waals surface area contributed by atoms with Gasteiger partial charge in [-0.1, -0.05) is 70.2 Å². The molecule has 2 nitrogen and oxygen atoms in total. The second kappa shape index (κ2) is 8.16. The molecule has 1 heterocycles. The van der Waals surface area contributed by atoms with E-state index in [1.807, 2.05) is 70.2 Å². The number of nitrogens with zero attached hydrogens (tertiary/aromatic N) is 1. The Labute approximate surface area is 121 Å². The topological polar surface area (TPSA) is 33.1 Å². The Bertz CT molecular complexity index is 545. The normalized spacial score (nSPS) is 10.4. The van der Waals surface area contributed by atoms with Crippen LogP contribution in [0, 0.1) is 0 Å². The highest BCUT2D eigenvalue weighted by Gasteiger charge is 2.06. The maximum atomic E-state index is 9.86. The molecular weight excluding hydrogens is 246 g/mol. The van der Waals surface area contributed by atoms with Crippen LogP contribution in [0.1, 0.15) is 50.4 Å². The fraction of sp³-hybridized carbons (Fsp3) is 0.278. The molecule has 106 valence electrons. The number of rotatable bonds is 3. The molecule has 2 aromatic rings. The van der Waals surface area contributed by atoms with E-state index in [-0.39, 0.29) is 11.7 Å². The summed E-state index contributed by atoms with van der Waals surface area (Å²) in [7, 11) is 0. The Morgan fingerprint density at radius 1 is 1.00 bits per heavy atom. The highest BCUT2D eigenvalue weighted by atomic mass is 16.3. The van der Waals surface area contributed by atoms with Crippen molar-refractivity contribution >= 4 is 12.2 Å². The third-order valence-electron chi connectivity index (χ3n) is 2.73. The van der Waals surface area contributed by atoms with Crippen molar-refractivity contribution in [1.29, 1.82) is 0 Å². The monoisotopic (exact) mass is 269 g/mol. The average molecular weight is 269 g/mol. The van der Waals surface area contributed by atoms with Crippen LogP contribution in [0.5, 0.6) is 5.75 Å². The van der Waals surface area contributed by atoms with E-state index >= 15 is 0 Å². The third kappa shape index (κ3) is 4.54. The quantitative estimate of drug-likeness (QED) is 0.840. The summed E-state index contributed by atoms with van der Waals surface area (Å²) in [5.41, 5.74) is 2.78. The minimum Gasteiger partial charge on any atom is -0.506 e. The van der Waals surface area contributed by atoms with Crippen molar-refractivity contribution in [3.8, 4) is 5.75 Å². The first-order valence-corrected chi connectivity index (χ1v) is 7.09. The van der Waals surface area contributed by atoms with Crippen molar-refractivity contribution < 1.29 is 5.11 Å². The molecule has 0 aliphatic rings. The summed E-state index contributed by atoms with van der Waals surface area (Å²) < 4.78 is 0. The van der Waals surface area contributed by atoms with Gasteiger partial charge in [-0.05, 0) is 23.1 Å². The maximum Gasteiger partial charge on any atom is 0.137 e. The lowest BCUT2D eigenvalue weighted by atomic mass is 10.1. The van der Waals surface area contributed by atoms with Crippen molar-refractivity contribution in [1.82, 2.24) is 4.98 Å². The summed E-state index contributed by atoms with van der Waals surface area (Å²) in [6.45, 7) is 8.03. The van der Waals surface area contributed by atoms with E-state index in [4.69, 9.17) is 0 Å². The van der Waals surface area contributed by atoms with Crippen molar-refractivity contribution in [2.45, 2.75) is 33.6 Å². The molecule has 0 saturated carbocycles. The van der Waals surface area contributed by atoms with E-state index in [1.165, 1.54) is 0 Å². The average Bonchev–Trinajstić information content (AvgIpc) is 2.48. The highest BCUT2D eigenvalue weighted by molar-refractivity contribution is 5.69. The maximum absolute atomic E-state index is 9.86. The second-order valence-electron chi connectivity index (χ2n) is 4.57. The smallest absolute Gasteiger partial charge is 0.137 e. The molecule has 0 aliphatic carbocycles.